The van der Waals surface area contributed by atoms with Gasteiger partial charge in [-0.05, 0) is 68.2 Å². The molecule has 3 saturated carbocycles. The molecule has 0 bridgehead atoms. The molecule has 4 aliphatic carbocycles. The van der Waals surface area contributed by atoms with Gasteiger partial charge in [0.05, 0.1) is 10.4 Å². The van der Waals surface area contributed by atoms with Crippen molar-refractivity contribution in [1.82, 2.24) is 0 Å². The van der Waals surface area contributed by atoms with Gasteiger partial charge >= 0.3 is 11.9 Å². The minimum Gasteiger partial charge on any atom is -0.458 e. The molecule has 0 N–H and O–H groups in total. The Morgan fingerprint density at radius 1 is 1.11 bits per heavy atom. The zero-order chi connectivity index (χ0) is 27.5. The highest BCUT2D eigenvalue weighted by Gasteiger charge is 2.75. The Morgan fingerprint density at radius 2 is 1.82 bits per heavy atom. The fourth-order valence-electron chi connectivity index (χ4n) is 7.89. The molecule has 0 amide bonds. The number of rotatable bonds is 5. The van der Waals surface area contributed by atoms with Crippen LogP contribution < -0.4 is 0 Å². The Hall–Kier alpha value is -2.80. The SMILES string of the molecule is CC(=O)OCC(=O)[C@@]1(OC(=O)c2ccccc2)CC[C@H]2[C@@H]3CCC4=CC(=O)C=C[C@]4(C)[C@@]3(Cl)[C@@H](F)C[C@@]21C. The predicted octanol–water partition coefficient (Wildman–Crippen LogP) is 5.33. The van der Waals surface area contributed by atoms with E-state index in [4.69, 9.17) is 21.1 Å². The van der Waals surface area contributed by atoms with Crippen LogP contribution in [0.15, 0.2) is 54.1 Å². The molecule has 6 nitrogen and oxygen atoms in total. The number of hydrogen-bond donors (Lipinski definition) is 0. The summed E-state index contributed by atoms with van der Waals surface area (Å²) in [6, 6.07) is 8.34. The molecule has 0 radical (unpaired) electrons. The van der Waals surface area contributed by atoms with Gasteiger partial charge in [0.2, 0.25) is 5.78 Å². The first-order valence-electron chi connectivity index (χ1n) is 13.1. The number of carbonyl (C=O) groups excluding carboxylic acids is 4. The number of allylic oxidation sites excluding steroid dienone is 4. The summed E-state index contributed by atoms with van der Waals surface area (Å²) in [5.41, 5.74) is -2.52. The molecule has 7 atom stereocenters. The topological polar surface area (TPSA) is 86.7 Å². The summed E-state index contributed by atoms with van der Waals surface area (Å²) in [4.78, 5) is 49.5. The lowest BCUT2D eigenvalue weighted by molar-refractivity contribution is -0.173. The monoisotopic (exact) mass is 542 g/mol. The van der Waals surface area contributed by atoms with Crippen molar-refractivity contribution in [2.45, 2.75) is 69.5 Å². The van der Waals surface area contributed by atoms with Crippen molar-refractivity contribution in [2.75, 3.05) is 6.61 Å². The van der Waals surface area contributed by atoms with Crippen molar-refractivity contribution in [3.8, 4) is 0 Å². The molecule has 4 aliphatic rings. The number of ketones is 2. The van der Waals surface area contributed by atoms with E-state index in [9.17, 15) is 19.2 Å². The van der Waals surface area contributed by atoms with E-state index in [2.05, 4.69) is 0 Å². The van der Waals surface area contributed by atoms with Crippen molar-refractivity contribution in [3.05, 3.63) is 59.7 Å². The number of Topliss-reactive ketones (excluding diaryl/α,β-unsaturated/α-hetero) is 1. The highest BCUT2D eigenvalue weighted by molar-refractivity contribution is 6.26. The maximum atomic E-state index is 16.7. The lowest BCUT2D eigenvalue weighted by Crippen LogP contribution is -2.68. The average Bonchev–Trinajstić information content (AvgIpc) is 3.16. The van der Waals surface area contributed by atoms with Gasteiger partial charge in [-0.15, -0.1) is 11.6 Å². The van der Waals surface area contributed by atoms with E-state index < -0.39 is 51.8 Å². The number of benzene rings is 1. The zero-order valence-electron chi connectivity index (χ0n) is 21.8. The van der Waals surface area contributed by atoms with Gasteiger partial charge < -0.3 is 9.47 Å². The summed E-state index contributed by atoms with van der Waals surface area (Å²) in [6.07, 6.45) is 4.90. The van der Waals surface area contributed by atoms with Crippen molar-refractivity contribution in [2.24, 2.45) is 22.7 Å². The predicted molar refractivity (Wildman–Crippen MR) is 138 cm³/mol. The molecule has 8 heteroatoms. The van der Waals surface area contributed by atoms with E-state index in [-0.39, 0.29) is 36.0 Å². The smallest absolute Gasteiger partial charge is 0.339 e. The van der Waals surface area contributed by atoms with Gasteiger partial charge in [0, 0.05) is 17.8 Å². The number of hydrogen-bond acceptors (Lipinski definition) is 6. The van der Waals surface area contributed by atoms with Gasteiger partial charge in [0.15, 0.2) is 18.0 Å². The Balaban J connectivity index is 1.57. The molecule has 0 unspecified atom stereocenters. The molecule has 3 fully saturated rings. The van der Waals surface area contributed by atoms with Gasteiger partial charge in [-0.2, -0.15) is 0 Å². The molecule has 0 spiro atoms. The molecule has 1 aromatic carbocycles. The third-order valence-electron chi connectivity index (χ3n) is 9.85. The Kier molecular flexibility index (Phi) is 6.45. The van der Waals surface area contributed by atoms with E-state index in [0.717, 1.165) is 5.57 Å². The van der Waals surface area contributed by atoms with Crippen LogP contribution in [-0.2, 0) is 23.9 Å². The van der Waals surface area contributed by atoms with E-state index in [1.807, 2.05) is 13.8 Å². The van der Waals surface area contributed by atoms with Crippen molar-refractivity contribution in [1.29, 1.82) is 0 Å². The minimum atomic E-state index is -1.68. The second kappa shape index (κ2) is 9.15. The van der Waals surface area contributed by atoms with Crippen LogP contribution in [0.2, 0.25) is 0 Å². The van der Waals surface area contributed by atoms with E-state index in [0.29, 0.717) is 19.3 Å². The van der Waals surface area contributed by atoms with Crippen LogP contribution in [0.1, 0.15) is 63.2 Å². The summed E-state index contributed by atoms with van der Waals surface area (Å²) in [5, 5.41) is 0. The summed E-state index contributed by atoms with van der Waals surface area (Å²) in [6.45, 7) is 4.33. The van der Waals surface area contributed by atoms with E-state index in [1.165, 1.54) is 13.0 Å². The Morgan fingerprint density at radius 3 is 2.50 bits per heavy atom. The zero-order valence-corrected chi connectivity index (χ0v) is 22.6. The van der Waals surface area contributed by atoms with Gasteiger partial charge in [-0.25, -0.2) is 9.18 Å². The third kappa shape index (κ3) is 3.64. The van der Waals surface area contributed by atoms with E-state index >= 15 is 4.39 Å². The van der Waals surface area contributed by atoms with Gasteiger partial charge in [0.25, 0.3) is 0 Å². The lowest BCUT2D eigenvalue weighted by Gasteiger charge is -2.63. The van der Waals surface area contributed by atoms with E-state index in [1.54, 1.807) is 42.5 Å². The molecule has 202 valence electrons. The van der Waals surface area contributed by atoms with Crippen LogP contribution in [0.4, 0.5) is 4.39 Å². The second-order valence-electron chi connectivity index (χ2n) is 11.5. The molecule has 0 saturated heterocycles. The highest BCUT2D eigenvalue weighted by atomic mass is 35.5. The molecule has 0 heterocycles. The summed E-state index contributed by atoms with van der Waals surface area (Å²) in [7, 11) is 0. The third-order valence-corrected chi connectivity index (χ3v) is 10.8. The van der Waals surface area contributed by atoms with Crippen LogP contribution in [0.5, 0.6) is 0 Å². The van der Waals surface area contributed by atoms with Crippen molar-refractivity contribution >= 4 is 35.1 Å². The number of alkyl halides is 2. The fourth-order valence-corrected chi connectivity index (χ4v) is 8.41. The number of ether oxygens (including phenoxy) is 2. The average molecular weight is 543 g/mol. The Labute approximate surface area is 226 Å². The quantitative estimate of drug-likeness (QED) is 0.369. The van der Waals surface area contributed by atoms with Gasteiger partial charge in [-0.3, -0.25) is 14.4 Å². The molecule has 1 aromatic rings. The minimum absolute atomic E-state index is 0.115. The highest BCUT2D eigenvalue weighted by Crippen LogP contribution is 2.71. The number of esters is 2. The molecule has 5 rings (SSSR count). The lowest BCUT2D eigenvalue weighted by atomic mass is 9.46. The molecular formula is C30H32ClFO6. The molecule has 0 aliphatic heterocycles. The maximum absolute atomic E-state index is 16.7. The molecule has 38 heavy (non-hydrogen) atoms. The number of halogens is 2. The standard InChI is InChI=1S/C30H32ClFO6/c1-18(33)37-17-25(35)29(38-26(36)19-7-5-4-6-8-19)14-12-22-23-10-9-20-15-21(34)11-13-27(20,2)30(23,31)24(32)16-28(22,29)3/h4-8,11,13,15,22-24H,9-10,12,14,16-17H2,1-3H3/t22-,23-,24-,27-,28-,29-,30-/m0/s1. The van der Waals surface area contributed by atoms with Crippen molar-refractivity contribution < 1.29 is 33.0 Å². The van der Waals surface area contributed by atoms with Gasteiger partial charge in [-0.1, -0.05) is 43.7 Å². The van der Waals surface area contributed by atoms with Crippen LogP contribution in [0.3, 0.4) is 0 Å². The van der Waals surface area contributed by atoms with Crippen LogP contribution in [0, 0.1) is 22.7 Å². The fraction of sp³-hybridized carbons (Fsp3) is 0.533. The Bertz CT molecular complexity index is 1260. The summed E-state index contributed by atoms with van der Waals surface area (Å²) < 4.78 is 27.8. The first kappa shape index (κ1) is 26.8. The van der Waals surface area contributed by atoms with Crippen LogP contribution in [0.25, 0.3) is 0 Å². The van der Waals surface area contributed by atoms with Crippen LogP contribution >= 0.6 is 11.6 Å². The summed E-state index contributed by atoms with van der Waals surface area (Å²) in [5.74, 6) is -2.57. The first-order chi connectivity index (χ1) is 17.9. The first-order valence-corrected chi connectivity index (χ1v) is 13.5. The second-order valence-corrected chi connectivity index (χ2v) is 12.2. The normalized spacial score (nSPS) is 39.3. The van der Waals surface area contributed by atoms with Crippen molar-refractivity contribution in [3.63, 3.8) is 0 Å². The molecule has 0 aromatic heterocycles. The number of carbonyl (C=O) groups is 4. The largest absolute Gasteiger partial charge is 0.458 e. The maximum Gasteiger partial charge on any atom is 0.339 e. The van der Waals surface area contributed by atoms with Crippen LogP contribution in [-0.4, -0.2) is 46.8 Å². The molecular weight excluding hydrogens is 511 g/mol. The number of fused-ring (bicyclic) bond motifs is 5. The summed E-state index contributed by atoms with van der Waals surface area (Å²) >= 11 is 7.36. The van der Waals surface area contributed by atoms with Gasteiger partial charge in [0.1, 0.15) is 6.17 Å².